The number of aliphatic hydroxyl groups excluding tert-OH is 2. The number of methoxy groups -OCH3 is 1. The van der Waals surface area contributed by atoms with Gasteiger partial charge >= 0.3 is 0 Å². The Balaban J connectivity index is 2.81. The number of hydrogen-bond acceptors (Lipinski definition) is 5. The molecular weight excluding hydrogens is 236 g/mol. The molecule has 1 aromatic carbocycles. The Hall–Kier alpha value is -1.79. The lowest BCUT2D eigenvalue weighted by molar-refractivity contribution is -0.114. The molecule has 0 aromatic heterocycles. The van der Waals surface area contributed by atoms with E-state index < -0.39 is 6.10 Å². The molecule has 1 unspecified atom stereocenters. The van der Waals surface area contributed by atoms with Crippen molar-refractivity contribution in [1.29, 1.82) is 0 Å². The molecule has 0 aliphatic rings. The second kappa shape index (κ2) is 6.83. The van der Waals surface area contributed by atoms with Gasteiger partial charge in [-0.2, -0.15) is 0 Å². The van der Waals surface area contributed by atoms with Crippen molar-refractivity contribution in [3.05, 3.63) is 18.2 Å². The zero-order valence-corrected chi connectivity index (χ0v) is 10.4. The van der Waals surface area contributed by atoms with Crippen molar-refractivity contribution in [3.63, 3.8) is 0 Å². The lowest BCUT2D eigenvalue weighted by atomic mass is 10.2. The van der Waals surface area contributed by atoms with Gasteiger partial charge in [0.05, 0.1) is 25.5 Å². The van der Waals surface area contributed by atoms with Crippen molar-refractivity contribution in [3.8, 4) is 5.75 Å². The van der Waals surface area contributed by atoms with Crippen LogP contribution in [0.2, 0.25) is 0 Å². The molecule has 1 atom stereocenters. The number of carbonyl (C=O) groups excluding carboxylic acids is 1. The van der Waals surface area contributed by atoms with Gasteiger partial charge < -0.3 is 25.6 Å². The van der Waals surface area contributed by atoms with Crippen LogP contribution >= 0.6 is 0 Å². The minimum Gasteiger partial charge on any atom is -0.495 e. The topological polar surface area (TPSA) is 90.8 Å². The Morgan fingerprint density at radius 1 is 1.50 bits per heavy atom. The molecule has 0 spiro atoms. The zero-order valence-electron chi connectivity index (χ0n) is 10.4. The molecule has 0 radical (unpaired) electrons. The number of aliphatic hydroxyl groups is 2. The molecule has 1 rings (SSSR count). The van der Waals surface area contributed by atoms with Crippen LogP contribution in [0, 0.1) is 0 Å². The Morgan fingerprint density at radius 3 is 2.78 bits per heavy atom. The third-order valence-electron chi connectivity index (χ3n) is 2.26. The maximum Gasteiger partial charge on any atom is 0.221 e. The van der Waals surface area contributed by atoms with Gasteiger partial charge in [-0.05, 0) is 18.2 Å². The van der Waals surface area contributed by atoms with E-state index in [0.717, 1.165) is 0 Å². The molecule has 0 heterocycles. The van der Waals surface area contributed by atoms with E-state index in [1.807, 2.05) is 0 Å². The summed E-state index contributed by atoms with van der Waals surface area (Å²) in [7, 11) is 1.53. The monoisotopic (exact) mass is 254 g/mol. The van der Waals surface area contributed by atoms with Crippen molar-refractivity contribution in [2.24, 2.45) is 0 Å². The lowest BCUT2D eigenvalue weighted by Crippen LogP contribution is -2.23. The van der Waals surface area contributed by atoms with Gasteiger partial charge in [0.1, 0.15) is 5.75 Å². The first-order valence-corrected chi connectivity index (χ1v) is 5.55. The normalized spacial score (nSPS) is 11.8. The summed E-state index contributed by atoms with van der Waals surface area (Å²) in [5, 5.41) is 23.6. The molecule has 0 aliphatic carbocycles. The molecule has 0 saturated carbocycles. The van der Waals surface area contributed by atoms with Gasteiger partial charge in [-0.1, -0.05) is 0 Å². The average molecular weight is 254 g/mol. The number of carbonyl (C=O) groups is 1. The molecule has 0 aliphatic heterocycles. The summed E-state index contributed by atoms with van der Waals surface area (Å²) in [4.78, 5) is 11.0. The van der Waals surface area contributed by atoms with Crippen LogP contribution < -0.4 is 15.4 Å². The lowest BCUT2D eigenvalue weighted by Gasteiger charge is -2.14. The molecule has 6 heteroatoms. The van der Waals surface area contributed by atoms with E-state index >= 15 is 0 Å². The van der Waals surface area contributed by atoms with E-state index in [9.17, 15) is 9.90 Å². The number of ether oxygens (including phenoxy) is 1. The summed E-state index contributed by atoms with van der Waals surface area (Å²) in [6.45, 7) is 1.30. The van der Waals surface area contributed by atoms with Crippen LogP contribution in [0.25, 0.3) is 0 Å². The van der Waals surface area contributed by atoms with Crippen LogP contribution in [-0.2, 0) is 4.79 Å². The van der Waals surface area contributed by atoms with Crippen molar-refractivity contribution >= 4 is 17.3 Å². The minimum atomic E-state index is -0.848. The molecule has 0 saturated heterocycles. The summed E-state index contributed by atoms with van der Waals surface area (Å²) in [6, 6.07) is 5.12. The highest BCUT2D eigenvalue weighted by Crippen LogP contribution is 2.27. The first-order chi connectivity index (χ1) is 8.56. The van der Waals surface area contributed by atoms with Crippen LogP contribution in [-0.4, -0.2) is 42.5 Å². The summed E-state index contributed by atoms with van der Waals surface area (Å²) < 4.78 is 5.15. The second-order valence-electron chi connectivity index (χ2n) is 3.81. The van der Waals surface area contributed by atoms with E-state index in [-0.39, 0.29) is 19.1 Å². The first kappa shape index (κ1) is 14.3. The Kier molecular flexibility index (Phi) is 5.41. The van der Waals surface area contributed by atoms with Gasteiger partial charge in [0.25, 0.3) is 0 Å². The fourth-order valence-electron chi connectivity index (χ4n) is 1.42. The smallest absolute Gasteiger partial charge is 0.221 e. The van der Waals surface area contributed by atoms with Crippen LogP contribution in [0.15, 0.2) is 18.2 Å². The molecule has 18 heavy (non-hydrogen) atoms. The van der Waals surface area contributed by atoms with Crippen molar-refractivity contribution < 1.29 is 19.7 Å². The van der Waals surface area contributed by atoms with Gasteiger partial charge in [0, 0.05) is 19.2 Å². The summed E-state index contributed by atoms with van der Waals surface area (Å²) >= 11 is 0. The summed E-state index contributed by atoms with van der Waals surface area (Å²) in [6.07, 6.45) is -0.848. The SMILES string of the molecule is COc1ccc(NC(C)=O)cc1NCC(O)CO. The highest BCUT2D eigenvalue weighted by Gasteiger charge is 2.07. The van der Waals surface area contributed by atoms with E-state index in [2.05, 4.69) is 10.6 Å². The van der Waals surface area contributed by atoms with Gasteiger partial charge in [-0.25, -0.2) is 0 Å². The Bertz CT molecular complexity index is 409. The maximum absolute atomic E-state index is 11.0. The molecule has 1 aromatic rings. The quantitative estimate of drug-likeness (QED) is 0.590. The van der Waals surface area contributed by atoms with Gasteiger partial charge in [0.15, 0.2) is 0 Å². The highest BCUT2D eigenvalue weighted by molar-refractivity contribution is 5.89. The van der Waals surface area contributed by atoms with Gasteiger partial charge in [0.2, 0.25) is 5.91 Å². The molecule has 1 amide bonds. The standard InChI is InChI=1S/C12H18N2O4/c1-8(16)14-9-3-4-12(18-2)11(5-9)13-6-10(17)7-15/h3-5,10,13,15,17H,6-7H2,1-2H3,(H,14,16). The molecular formula is C12H18N2O4. The van der Waals surface area contributed by atoms with Crippen molar-refractivity contribution in [1.82, 2.24) is 0 Å². The van der Waals surface area contributed by atoms with E-state index in [4.69, 9.17) is 9.84 Å². The summed E-state index contributed by atoms with van der Waals surface area (Å²) in [5.41, 5.74) is 1.26. The van der Waals surface area contributed by atoms with E-state index in [1.54, 1.807) is 18.2 Å². The fraction of sp³-hybridized carbons (Fsp3) is 0.417. The number of hydrogen-bond donors (Lipinski definition) is 4. The van der Waals surface area contributed by atoms with Crippen LogP contribution in [0.4, 0.5) is 11.4 Å². The highest BCUT2D eigenvalue weighted by atomic mass is 16.5. The number of rotatable bonds is 6. The van der Waals surface area contributed by atoms with Gasteiger partial charge in [-0.3, -0.25) is 4.79 Å². The van der Waals surface area contributed by atoms with Crippen LogP contribution in [0.3, 0.4) is 0 Å². The summed E-state index contributed by atoms with van der Waals surface area (Å²) in [5.74, 6) is 0.427. The number of amides is 1. The second-order valence-corrected chi connectivity index (χ2v) is 3.81. The fourth-order valence-corrected chi connectivity index (χ4v) is 1.42. The van der Waals surface area contributed by atoms with Crippen LogP contribution in [0.1, 0.15) is 6.92 Å². The molecule has 0 bridgehead atoms. The van der Waals surface area contributed by atoms with Crippen LogP contribution in [0.5, 0.6) is 5.75 Å². The van der Waals surface area contributed by atoms with Gasteiger partial charge in [-0.15, -0.1) is 0 Å². The number of anilines is 2. The molecule has 4 N–H and O–H groups in total. The van der Waals surface area contributed by atoms with Crippen molar-refractivity contribution in [2.75, 3.05) is 30.9 Å². The molecule has 6 nitrogen and oxygen atoms in total. The van der Waals surface area contributed by atoms with Crippen molar-refractivity contribution in [2.45, 2.75) is 13.0 Å². The average Bonchev–Trinajstić information content (AvgIpc) is 2.35. The Morgan fingerprint density at radius 2 is 2.22 bits per heavy atom. The minimum absolute atomic E-state index is 0.165. The number of nitrogens with one attached hydrogen (secondary N) is 2. The molecule has 100 valence electrons. The maximum atomic E-state index is 11.0. The third kappa shape index (κ3) is 4.23. The largest absolute Gasteiger partial charge is 0.495 e. The third-order valence-corrected chi connectivity index (χ3v) is 2.26. The van der Waals surface area contributed by atoms with E-state index in [0.29, 0.717) is 17.1 Å². The molecule has 0 fully saturated rings. The predicted octanol–water partition coefficient (Wildman–Crippen LogP) is 0.419. The first-order valence-electron chi connectivity index (χ1n) is 5.55. The predicted molar refractivity (Wildman–Crippen MR) is 68.9 cm³/mol. The number of benzene rings is 1. The Labute approximate surface area is 106 Å². The van der Waals surface area contributed by atoms with E-state index in [1.165, 1.54) is 14.0 Å². The zero-order chi connectivity index (χ0) is 13.5.